The minimum Gasteiger partial charge on any atom is -0.478 e. The van der Waals surface area contributed by atoms with E-state index >= 15 is 0 Å². The summed E-state index contributed by atoms with van der Waals surface area (Å²) in [5.74, 6) is -1.63. The van der Waals surface area contributed by atoms with Gasteiger partial charge in [-0.3, -0.25) is 0 Å². The Kier molecular flexibility index (Phi) is 2.82. The third kappa shape index (κ3) is 2.28. The van der Waals surface area contributed by atoms with Crippen molar-refractivity contribution in [3.8, 4) is 11.3 Å². The van der Waals surface area contributed by atoms with Gasteiger partial charge in [-0.15, -0.1) is 0 Å². The molecule has 1 aromatic carbocycles. The number of aromatic nitrogens is 2. The standard InChI is InChI=1S/C12H9FN2O2/c1-7-2-5-11(15-14-7)9-6-8(12(16)17)3-4-10(9)13/h2-6H,1H3,(H,16,17). The fourth-order valence-corrected chi connectivity index (χ4v) is 1.40. The molecule has 0 atom stereocenters. The summed E-state index contributed by atoms with van der Waals surface area (Å²) in [5, 5.41) is 16.5. The predicted molar refractivity (Wildman–Crippen MR) is 59.1 cm³/mol. The van der Waals surface area contributed by atoms with E-state index in [1.807, 2.05) is 0 Å². The molecule has 0 fully saturated rings. The summed E-state index contributed by atoms with van der Waals surface area (Å²) >= 11 is 0. The second-order valence-electron chi connectivity index (χ2n) is 3.56. The summed E-state index contributed by atoms with van der Waals surface area (Å²) in [5.41, 5.74) is 1.18. The predicted octanol–water partition coefficient (Wildman–Crippen LogP) is 2.29. The SMILES string of the molecule is Cc1ccc(-c2cc(C(=O)O)ccc2F)nn1. The van der Waals surface area contributed by atoms with Gasteiger partial charge in [0.2, 0.25) is 0 Å². The van der Waals surface area contributed by atoms with Gasteiger partial charge in [0.05, 0.1) is 17.0 Å². The number of hydrogen-bond acceptors (Lipinski definition) is 3. The van der Waals surface area contributed by atoms with E-state index in [0.29, 0.717) is 11.4 Å². The first-order valence-electron chi connectivity index (χ1n) is 4.91. The number of halogens is 1. The van der Waals surface area contributed by atoms with E-state index in [4.69, 9.17) is 5.11 Å². The van der Waals surface area contributed by atoms with Crippen molar-refractivity contribution in [2.45, 2.75) is 6.92 Å². The molecule has 1 aromatic heterocycles. The van der Waals surface area contributed by atoms with Crippen molar-refractivity contribution >= 4 is 5.97 Å². The average molecular weight is 232 g/mol. The van der Waals surface area contributed by atoms with Crippen molar-refractivity contribution in [1.29, 1.82) is 0 Å². The lowest BCUT2D eigenvalue weighted by Crippen LogP contribution is -1.99. The average Bonchev–Trinajstić information content (AvgIpc) is 2.31. The number of nitrogens with zero attached hydrogens (tertiary/aromatic N) is 2. The first-order valence-corrected chi connectivity index (χ1v) is 4.91. The molecule has 0 aliphatic heterocycles. The van der Waals surface area contributed by atoms with Crippen LogP contribution in [0.4, 0.5) is 4.39 Å². The van der Waals surface area contributed by atoms with Gasteiger partial charge in [-0.2, -0.15) is 10.2 Å². The molecule has 1 heterocycles. The molecule has 0 aliphatic carbocycles. The number of carbonyl (C=O) groups is 1. The minimum atomic E-state index is -1.11. The van der Waals surface area contributed by atoms with Crippen LogP contribution in [0.2, 0.25) is 0 Å². The van der Waals surface area contributed by atoms with Crippen LogP contribution in [0.25, 0.3) is 11.3 Å². The number of aryl methyl sites for hydroxylation is 1. The molecule has 86 valence electrons. The van der Waals surface area contributed by atoms with Gasteiger partial charge < -0.3 is 5.11 Å². The third-order valence-electron chi connectivity index (χ3n) is 2.29. The van der Waals surface area contributed by atoms with Crippen LogP contribution in [0, 0.1) is 12.7 Å². The molecular formula is C12H9FN2O2. The van der Waals surface area contributed by atoms with Crippen LogP contribution in [0.3, 0.4) is 0 Å². The molecule has 2 rings (SSSR count). The Morgan fingerprint density at radius 2 is 2.00 bits per heavy atom. The van der Waals surface area contributed by atoms with E-state index in [1.165, 1.54) is 12.1 Å². The summed E-state index contributed by atoms with van der Waals surface area (Å²) in [6.07, 6.45) is 0. The van der Waals surface area contributed by atoms with Crippen molar-refractivity contribution in [2.75, 3.05) is 0 Å². The van der Waals surface area contributed by atoms with Crippen molar-refractivity contribution in [2.24, 2.45) is 0 Å². The Bertz CT molecular complexity index is 567. The van der Waals surface area contributed by atoms with Crippen molar-refractivity contribution in [3.63, 3.8) is 0 Å². The van der Waals surface area contributed by atoms with Crippen LogP contribution in [0.5, 0.6) is 0 Å². The number of carboxylic acids is 1. The third-order valence-corrected chi connectivity index (χ3v) is 2.29. The zero-order chi connectivity index (χ0) is 12.4. The van der Waals surface area contributed by atoms with Gasteiger partial charge in [0.15, 0.2) is 0 Å². The van der Waals surface area contributed by atoms with E-state index in [2.05, 4.69) is 10.2 Å². The number of rotatable bonds is 2. The second-order valence-corrected chi connectivity index (χ2v) is 3.56. The second kappa shape index (κ2) is 4.29. The molecule has 17 heavy (non-hydrogen) atoms. The maximum atomic E-state index is 13.6. The Labute approximate surface area is 96.7 Å². The molecule has 0 spiro atoms. The van der Waals surface area contributed by atoms with Crippen molar-refractivity contribution in [1.82, 2.24) is 10.2 Å². The van der Waals surface area contributed by atoms with Crippen LogP contribution < -0.4 is 0 Å². The molecule has 0 unspecified atom stereocenters. The number of hydrogen-bond donors (Lipinski definition) is 1. The van der Waals surface area contributed by atoms with E-state index in [9.17, 15) is 9.18 Å². The molecule has 0 saturated carbocycles. The molecule has 0 radical (unpaired) electrons. The highest BCUT2D eigenvalue weighted by Gasteiger charge is 2.11. The lowest BCUT2D eigenvalue weighted by Gasteiger charge is -2.03. The number of aromatic carboxylic acids is 1. The lowest BCUT2D eigenvalue weighted by molar-refractivity contribution is 0.0697. The van der Waals surface area contributed by atoms with Gasteiger partial charge in [0.1, 0.15) is 5.82 Å². The summed E-state index contributed by atoms with van der Waals surface area (Å²) in [6, 6.07) is 6.86. The van der Waals surface area contributed by atoms with Gasteiger partial charge in [-0.05, 0) is 37.3 Å². The normalized spacial score (nSPS) is 10.2. The Balaban J connectivity index is 2.54. The molecular weight excluding hydrogens is 223 g/mol. The smallest absolute Gasteiger partial charge is 0.335 e. The van der Waals surface area contributed by atoms with Crippen LogP contribution in [0.1, 0.15) is 16.1 Å². The zero-order valence-electron chi connectivity index (χ0n) is 9.01. The molecule has 0 saturated heterocycles. The number of carboxylic acid groups (broad SMARTS) is 1. The summed E-state index contributed by atoms with van der Waals surface area (Å²) in [6.45, 7) is 1.76. The molecule has 0 bridgehead atoms. The minimum absolute atomic E-state index is 0.0174. The fraction of sp³-hybridized carbons (Fsp3) is 0.0833. The maximum absolute atomic E-state index is 13.6. The number of benzene rings is 1. The highest BCUT2D eigenvalue weighted by atomic mass is 19.1. The van der Waals surface area contributed by atoms with Crippen LogP contribution in [-0.2, 0) is 0 Å². The Morgan fingerprint density at radius 3 is 2.59 bits per heavy atom. The summed E-state index contributed by atoms with van der Waals surface area (Å²) in [7, 11) is 0. The van der Waals surface area contributed by atoms with Gasteiger partial charge >= 0.3 is 5.97 Å². The first kappa shape index (κ1) is 11.2. The highest BCUT2D eigenvalue weighted by molar-refractivity contribution is 5.89. The van der Waals surface area contributed by atoms with Crippen LogP contribution in [-0.4, -0.2) is 21.3 Å². The molecule has 2 aromatic rings. The molecule has 0 aliphatic rings. The van der Waals surface area contributed by atoms with E-state index in [1.54, 1.807) is 19.1 Å². The van der Waals surface area contributed by atoms with Crippen molar-refractivity contribution < 1.29 is 14.3 Å². The molecule has 4 nitrogen and oxygen atoms in total. The van der Waals surface area contributed by atoms with Gasteiger partial charge in [0.25, 0.3) is 0 Å². The Morgan fingerprint density at radius 1 is 1.24 bits per heavy atom. The Hall–Kier alpha value is -2.30. The monoisotopic (exact) mass is 232 g/mol. The van der Waals surface area contributed by atoms with Crippen molar-refractivity contribution in [3.05, 3.63) is 47.4 Å². The molecule has 5 heteroatoms. The van der Waals surface area contributed by atoms with E-state index in [0.717, 1.165) is 6.07 Å². The van der Waals surface area contributed by atoms with Gasteiger partial charge in [-0.1, -0.05) is 0 Å². The highest BCUT2D eigenvalue weighted by Crippen LogP contribution is 2.21. The van der Waals surface area contributed by atoms with E-state index < -0.39 is 11.8 Å². The summed E-state index contributed by atoms with van der Waals surface area (Å²) in [4.78, 5) is 10.8. The quantitative estimate of drug-likeness (QED) is 0.862. The van der Waals surface area contributed by atoms with E-state index in [-0.39, 0.29) is 11.1 Å². The van der Waals surface area contributed by atoms with Gasteiger partial charge in [0, 0.05) is 5.56 Å². The van der Waals surface area contributed by atoms with Crippen LogP contribution in [0.15, 0.2) is 30.3 Å². The first-order chi connectivity index (χ1) is 8.08. The topological polar surface area (TPSA) is 63.1 Å². The zero-order valence-corrected chi connectivity index (χ0v) is 9.01. The maximum Gasteiger partial charge on any atom is 0.335 e. The molecule has 0 amide bonds. The fourth-order valence-electron chi connectivity index (χ4n) is 1.40. The largest absolute Gasteiger partial charge is 0.478 e. The van der Waals surface area contributed by atoms with Gasteiger partial charge in [-0.25, -0.2) is 9.18 Å². The molecule has 1 N–H and O–H groups in total. The summed E-state index contributed by atoms with van der Waals surface area (Å²) < 4.78 is 13.6. The van der Waals surface area contributed by atoms with Crippen LogP contribution >= 0.6 is 0 Å². The lowest BCUT2D eigenvalue weighted by atomic mass is 10.1.